The Morgan fingerprint density at radius 2 is 1.96 bits per heavy atom. The topological polar surface area (TPSA) is 46.5 Å². The van der Waals surface area contributed by atoms with E-state index in [-0.39, 0.29) is 6.10 Å². The van der Waals surface area contributed by atoms with E-state index in [1.807, 2.05) is 57.2 Å². The molecule has 0 bridgehead atoms. The minimum Gasteiger partial charge on any atom is -0.491 e. The monoisotopic (exact) mass is 332 g/mol. The molecule has 0 fully saturated rings. The van der Waals surface area contributed by atoms with Gasteiger partial charge in [-0.25, -0.2) is 0 Å². The van der Waals surface area contributed by atoms with Crippen molar-refractivity contribution in [1.29, 1.82) is 0 Å². The molecular weight excluding hydrogens is 312 g/mol. The Balaban J connectivity index is 2.26. The Labute approximate surface area is 141 Å². The molecule has 2 rings (SSSR count). The zero-order chi connectivity index (χ0) is 17.0. The standard InChI is InChI=1S/C19H21ClO3/c1-12(2)23-16-6-4-5-14(9-16)10-17(19(21)22)15-8-7-13(3)18(20)11-15/h4-9,11-12,17H,10H2,1-3H3,(H,21,22). The summed E-state index contributed by atoms with van der Waals surface area (Å²) < 4.78 is 5.67. The van der Waals surface area contributed by atoms with Crippen LogP contribution in [0.2, 0.25) is 5.02 Å². The Morgan fingerprint density at radius 3 is 2.57 bits per heavy atom. The molecular formula is C19H21ClO3. The van der Waals surface area contributed by atoms with Gasteiger partial charge in [0.1, 0.15) is 5.75 Å². The van der Waals surface area contributed by atoms with Crippen LogP contribution < -0.4 is 4.74 Å². The van der Waals surface area contributed by atoms with E-state index in [2.05, 4.69) is 0 Å². The Bertz CT molecular complexity index is 695. The lowest BCUT2D eigenvalue weighted by molar-refractivity contribution is -0.138. The van der Waals surface area contributed by atoms with E-state index in [9.17, 15) is 9.90 Å². The van der Waals surface area contributed by atoms with Crippen LogP contribution in [0.4, 0.5) is 0 Å². The summed E-state index contributed by atoms with van der Waals surface area (Å²) in [5.74, 6) is -0.744. The van der Waals surface area contributed by atoms with Gasteiger partial charge in [0.25, 0.3) is 0 Å². The molecule has 0 aliphatic carbocycles. The van der Waals surface area contributed by atoms with E-state index in [1.54, 1.807) is 6.07 Å². The molecule has 0 radical (unpaired) electrons. The molecule has 1 N–H and O–H groups in total. The van der Waals surface area contributed by atoms with Crippen molar-refractivity contribution >= 4 is 17.6 Å². The average Bonchev–Trinajstić information content (AvgIpc) is 2.47. The van der Waals surface area contributed by atoms with Crippen LogP contribution >= 0.6 is 11.6 Å². The molecule has 0 amide bonds. The van der Waals surface area contributed by atoms with Crippen LogP contribution in [0.5, 0.6) is 5.75 Å². The summed E-state index contributed by atoms with van der Waals surface area (Å²) in [6, 6.07) is 13.0. The molecule has 4 heteroatoms. The smallest absolute Gasteiger partial charge is 0.311 e. The van der Waals surface area contributed by atoms with Crippen LogP contribution in [0.3, 0.4) is 0 Å². The summed E-state index contributed by atoms with van der Waals surface area (Å²) in [4.78, 5) is 11.7. The number of aryl methyl sites for hydroxylation is 1. The summed E-state index contributed by atoms with van der Waals surface area (Å²) in [7, 11) is 0. The predicted octanol–water partition coefficient (Wildman–Crippen LogP) is 4.85. The molecule has 0 aromatic heterocycles. The number of hydrogen-bond acceptors (Lipinski definition) is 2. The van der Waals surface area contributed by atoms with E-state index in [0.717, 1.165) is 16.9 Å². The predicted molar refractivity (Wildman–Crippen MR) is 92.5 cm³/mol. The van der Waals surface area contributed by atoms with Gasteiger partial charge in [-0.3, -0.25) is 4.79 Å². The SMILES string of the molecule is Cc1ccc(C(Cc2cccc(OC(C)C)c2)C(=O)O)cc1Cl. The van der Waals surface area contributed by atoms with Crippen LogP contribution in [0.25, 0.3) is 0 Å². The number of hydrogen-bond donors (Lipinski definition) is 1. The van der Waals surface area contributed by atoms with Crippen LogP contribution in [-0.4, -0.2) is 17.2 Å². The largest absolute Gasteiger partial charge is 0.491 e. The van der Waals surface area contributed by atoms with E-state index >= 15 is 0 Å². The zero-order valence-electron chi connectivity index (χ0n) is 13.5. The minimum absolute atomic E-state index is 0.0800. The van der Waals surface area contributed by atoms with Crippen molar-refractivity contribution in [2.45, 2.75) is 39.2 Å². The fraction of sp³-hybridized carbons (Fsp3) is 0.316. The molecule has 122 valence electrons. The Kier molecular flexibility index (Phi) is 5.67. The summed E-state index contributed by atoms with van der Waals surface area (Å²) in [6.07, 6.45) is 0.473. The molecule has 0 spiro atoms. The highest BCUT2D eigenvalue weighted by atomic mass is 35.5. The summed E-state index contributed by atoms with van der Waals surface area (Å²) in [6.45, 7) is 5.82. The zero-order valence-corrected chi connectivity index (χ0v) is 14.3. The molecule has 0 aliphatic rings. The molecule has 23 heavy (non-hydrogen) atoms. The maximum atomic E-state index is 11.7. The first-order valence-electron chi connectivity index (χ1n) is 7.61. The van der Waals surface area contributed by atoms with Crippen LogP contribution in [0, 0.1) is 6.92 Å². The van der Waals surface area contributed by atoms with E-state index in [0.29, 0.717) is 17.0 Å². The molecule has 1 atom stereocenters. The average molecular weight is 333 g/mol. The van der Waals surface area contributed by atoms with Gasteiger partial charge in [-0.2, -0.15) is 0 Å². The summed E-state index contributed by atoms with van der Waals surface area (Å²) >= 11 is 6.14. The lowest BCUT2D eigenvalue weighted by atomic mass is 9.91. The molecule has 0 heterocycles. The number of ether oxygens (including phenoxy) is 1. The van der Waals surface area contributed by atoms with E-state index in [1.165, 1.54) is 0 Å². The highest BCUT2D eigenvalue weighted by Crippen LogP contribution is 2.27. The lowest BCUT2D eigenvalue weighted by Crippen LogP contribution is -2.15. The number of benzene rings is 2. The third-order valence-electron chi connectivity index (χ3n) is 3.61. The highest BCUT2D eigenvalue weighted by molar-refractivity contribution is 6.31. The molecule has 0 saturated carbocycles. The van der Waals surface area contributed by atoms with Crippen molar-refractivity contribution < 1.29 is 14.6 Å². The number of carbonyl (C=O) groups is 1. The second-order valence-electron chi connectivity index (χ2n) is 5.92. The minimum atomic E-state index is -0.861. The molecule has 0 aliphatic heterocycles. The first kappa shape index (κ1) is 17.4. The van der Waals surface area contributed by atoms with Crippen molar-refractivity contribution in [3.8, 4) is 5.75 Å². The van der Waals surface area contributed by atoms with Gasteiger partial charge in [0.15, 0.2) is 0 Å². The maximum Gasteiger partial charge on any atom is 0.311 e. The van der Waals surface area contributed by atoms with Gasteiger partial charge >= 0.3 is 5.97 Å². The molecule has 0 saturated heterocycles. The first-order chi connectivity index (χ1) is 10.9. The quantitative estimate of drug-likeness (QED) is 0.822. The van der Waals surface area contributed by atoms with Crippen LogP contribution in [0.1, 0.15) is 36.5 Å². The number of aliphatic carboxylic acids is 1. The van der Waals surface area contributed by atoms with Crippen LogP contribution in [0.15, 0.2) is 42.5 Å². The Hall–Kier alpha value is -2.00. The number of carboxylic acids is 1. The number of rotatable bonds is 6. The highest BCUT2D eigenvalue weighted by Gasteiger charge is 2.21. The Morgan fingerprint density at radius 1 is 1.22 bits per heavy atom. The van der Waals surface area contributed by atoms with Gasteiger partial charge in [-0.15, -0.1) is 0 Å². The van der Waals surface area contributed by atoms with Gasteiger partial charge in [-0.1, -0.05) is 35.9 Å². The van der Waals surface area contributed by atoms with E-state index in [4.69, 9.17) is 16.3 Å². The molecule has 2 aromatic rings. The summed E-state index contributed by atoms with van der Waals surface area (Å²) in [5.41, 5.74) is 2.57. The fourth-order valence-corrected chi connectivity index (χ4v) is 2.62. The van der Waals surface area contributed by atoms with Crippen molar-refractivity contribution in [3.63, 3.8) is 0 Å². The van der Waals surface area contributed by atoms with Crippen molar-refractivity contribution in [1.82, 2.24) is 0 Å². The lowest BCUT2D eigenvalue weighted by Gasteiger charge is -2.15. The molecule has 3 nitrogen and oxygen atoms in total. The van der Waals surface area contributed by atoms with Gasteiger partial charge < -0.3 is 9.84 Å². The second kappa shape index (κ2) is 7.51. The molecule has 1 unspecified atom stereocenters. The maximum absolute atomic E-state index is 11.7. The molecule has 2 aromatic carbocycles. The fourth-order valence-electron chi connectivity index (χ4n) is 2.43. The van der Waals surface area contributed by atoms with Crippen molar-refractivity contribution in [2.24, 2.45) is 0 Å². The van der Waals surface area contributed by atoms with Gasteiger partial charge in [0, 0.05) is 5.02 Å². The summed E-state index contributed by atoms with van der Waals surface area (Å²) in [5, 5.41) is 10.2. The first-order valence-corrected chi connectivity index (χ1v) is 7.99. The number of carboxylic acid groups (broad SMARTS) is 1. The normalized spacial score (nSPS) is 12.2. The van der Waals surface area contributed by atoms with Gasteiger partial charge in [0.05, 0.1) is 12.0 Å². The van der Waals surface area contributed by atoms with Crippen LogP contribution in [-0.2, 0) is 11.2 Å². The van der Waals surface area contributed by atoms with E-state index < -0.39 is 11.9 Å². The van der Waals surface area contributed by atoms with Crippen molar-refractivity contribution in [3.05, 3.63) is 64.2 Å². The number of halogens is 1. The third-order valence-corrected chi connectivity index (χ3v) is 4.01. The third kappa shape index (κ3) is 4.73. The van der Waals surface area contributed by atoms with Gasteiger partial charge in [0.2, 0.25) is 0 Å². The van der Waals surface area contributed by atoms with Crippen molar-refractivity contribution in [2.75, 3.05) is 0 Å². The van der Waals surface area contributed by atoms with Gasteiger partial charge in [-0.05, 0) is 62.1 Å². The second-order valence-corrected chi connectivity index (χ2v) is 6.32.